The third kappa shape index (κ3) is 5.46. The van der Waals surface area contributed by atoms with Crippen molar-refractivity contribution >= 4 is 28.5 Å². The average Bonchev–Trinajstić information content (AvgIpc) is 1.98. The molecule has 0 aliphatic carbocycles. The van der Waals surface area contributed by atoms with Gasteiger partial charge < -0.3 is 10.4 Å². The van der Waals surface area contributed by atoms with Gasteiger partial charge in [-0.2, -0.15) is 0 Å². The minimum Gasteiger partial charge on any atom is -0.388 e. The Bertz CT molecular complexity index is 185. The highest BCUT2D eigenvalue weighted by molar-refractivity contribution is 14.1. The van der Waals surface area contributed by atoms with Gasteiger partial charge in [-0.15, -0.1) is 0 Å². The number of hydrogen-bond acceptors (Lipinski definition) is 2. The summed E-state index contributed by atoms with van der Waals surface area (Å²) in [6, 6.07) is 0. The number of halogens is 1. The quantitative estimate of drug-likeness (QED) is 0.610. The number of amides is 1. The summed E-state index contributed by atoms with van der Waals surface area (Å²) in [5.41, 5.74) is -1.19. The van der Waals surface area contributed by atoms with Crippen LogP contribution in [0.15, 0.2) is 0 Å². The van der Waals surface area contributed by atoms with E-state index in [-0.39, 0.29) is 11.3 Å². The van der Waals surface area contributed by atoms with Crippen molar-refractivity contribution in [3.8, 4) is 0 Å². The fraction of sp³-hybridized carbons (Fsp3) is 0.889. The largest absolute Gasteiger partial charge is 0.388 e. The molecule has 2 N–H and O–H groups in total. The highest BCUT2D eigenvalue weighted by Crippen LogP contribution is 2.13. The van der Waals surface area contributed by atoms with E-state index in [1.54, 1.807) is 6.92 Å². The standard InChI is InChI=1S/C9H18INO2/c1-8(2,3)7(12)11-6-9(4,13)5-10/h13H,5-6H2,1-4H3,(H,11,12). The lowest BCUT2D eigenvalue weighted by molar-refractivity contribution is -0.129. The number of nitrogens with one attached hydrogen (secondary N) is 1. The maximum absolute atomic E-state index is 11.4. The molecule has 0 spiro atoms. The van der Waals surface area contributed by atoms with Crippen molar-refractivity contribution in [3.05, 3.63) is 0 Å². The zero-order valence-electron chi connectivity index (χ0n) is 8.65. The van der Waals surface area contributed by atoms with Crippen LogP contribution in [0.4, 0.5) is 0 Å². The maximum Gasteiger partial charge on any atom is 0.225 e. The SMILES string of the molecule is CC(O)(CI)CNC(=O)C(C)(C)C. The van der Waals surface area contributed by atoms with Gasteiger partial charge in [0, 0.05) is 16.4 Å². The molecule has 0 aliphatic rings. The van der Waals surface area contributed by atoms with E-state index in [9.17, 15) is 9.90 Å². The number of carbonyl (C=O) groups is 1. The Morgan fingerprint density at radius 3 is 2.15 bits per heavy atom. The number of carbonyl (C=O) groups excluding carboxylic acids is 1. The van der Waals surface area contributed by atoms with Gasteiger partial charge in [0.2, 0.25) is 5.91 Å². The van der Waals surface area contributed by atoms with Crippen LogP contribution in [0, 0.1) is 5.41 Å². The Hall–Kier alpha value is 0.160. The van der Waals surface area contributed by atoms with Crippen LogP contribution in [0.5, 0.6) is 0 Å². The maximum atomic E-state index is 11.4. The fourth-order valence-corrected chi connectivity index (χ4v) is 0.853. The second-order valence-corrected chi connectivity index (χ2v) is 5.33. The molecule has 0 aromatic rings. The van der Waals surface area contributed by atoms with Crippen molar-refractivity contribution in [1.82, 2.24) is 5.32 Å². The second-order valence-electron chi connectivity index (χ2n) is 4.56. The Morgan fingerprint density at radius 2 is 1.85 bits per heavy atom. The van der Waals surface area contributed by atoms with Crippen molar-refractivity contribution in [2.24, 2.45) is 5.41 Å². The van der Waals surface area contributed by atoms with Gasteiger partial charge in [-0.05, 0) is 6.92 Å². The first kappa shape index (κ1) is 13.2. The van der Waals surface area contributed by atoms with E-state index in [2.05, 4.69) is 27.9 Å². The zero-order valence-corrected chi connectivity index (χ0v) is 10.8. The Morgan fingerprint density at radius 1 is 1.38 bits per heavy atom. The van der Waals surface area contributed by atoms with Gasteiger partial charge in [-0.1, -0.05) is 43.4 Å². The molecule has 3 nitrogen and oxygen atoms in total. The summed E-state index contributed by atoms with van der Waals surface area (Å²) in [5.74, 6) is -0.0300. The van der Waals surface area contributed by atoms with E-state index >= 15 is 0 Å². The minimum atomic E-state index is -0.804. The Kier molecular flexibility index (Phi) is 4.65. The van der Waals surface area contributed by atoms with Gasteiger partial charge in [0.05, 0.1) is 5.60 Å². The lowest BCUT2D eigenvalue weighted by Gasteiger charge is -2.24. The van der Waals surface area contributed by atoms with E-state index in [1.165, 1.54) is 0 Å². The van der Waals surface area contributed by atoms with Gasteiger partial charge in [0.15, 0.2) is 0 Å². The summed E-state index contributed by atoms with van der Waals surface area (Å²) < 4.78 is 0.606. The molecule has 1 amide bonds. The van der Waals surface area contributed by atoms with Crippen LogP contribution in [-0.2, 0) is 4.79 Å². The number of aliphatic hydroxyl groups is 1. The van der Waals surface area contributed by atoms with E-state index in [1.807, 2.05) is 20.8 Å². The summed E-state index contributed by atoms with van der Waals surface area (Å²) in [4.78, 5) is 11.4. The van der Waals surface area contributed by atoms with Crippen molar-refractivity contribution in [2.45, 2.75) is 33.3 Å². The molecule has 0 saturated carbocycles. The summed E-state index contributed by atoms with van der Waals surface area (Å²) in [6.45, 7) is 7.57. The van der Waals surface area contributed by atoms with E-state index in [0.29, 0.717) is 11.0 Å². The fourth-order valence-electron chi connectivity index (χ4n) is 0.583. The Balaban J connectivity index is 3.98. The first-order chi connectivity index (χ1) is 5.69. The van der Waals surface area contributed by atoms with Crippen molar-refractivity contribution in [2.75, 3.05) is 11.0 Å². The molecule has 4 heteroatoms. The summed E-state index contributed by atoms with van der Waals surface area (Å²) in [5, 5.41) is 12.3. The smallest absolute Gasteiger partial charge is 0.225 e. The molecule has 0 aromatic heterocycles. The molecule has 0 aromatic carbocycles. The van der Waals surface area contributed by atoms with Crippen LogP contribution in [-0.4, -0.2) is 27.6 Å². The normalized spacial score (nSPS) is 16.5. The van der Waals surface area contributed by atoms with Crippen LogP contribution >= 0.6 is 22.6 Å². The molecule has 1 atom stereocenters. The van der Waals surface area contributed by atoms with E-state index in [4.69, 9.17) is 0 Å². The predicted octanol–water partition coefficient (Wildman–Crippen LogP) is 1.33. The lowest BCUT2D eigenvalue weighted by Crippen LogP contribution is -2.45. The van der Waals surface area contributed by atoms with E-state index in [0.717, 1.165) is 0 Å². The first-order valence-corrected chi connectivity index (χ1v) is 5.78. The van der Waals surface area contributed by atoms with E-state index < -0.39 is 5.60 Å². The van der Waals surface area contributed by atoms with Crippen LogP contribution in [0.3, 0.4) is 0 Å². The molecule has 78 valence electrons. The molecule has 0 fully saturated rings. The van der Waals surface area contributed by atoms with Gasteiger partial charge in [-0.3, -0.25) is 4.79 Å². The molecule has 0 rings (SSSR count). The highest BCUT2D eigenvalue weighted by Gasteiger charge is 2.25. The monoisotopic (exact) mass is 299 g/mol. The molecule has 0 saturated heterocycles. The number of rotatable bonds is 3. The highest BCUT2D eigenvalue weighted by atomic mass is 127. The van der Waals surface area contributed by atoms with Crippen LogP contribution < -0.4 is 5.32 Å². The van der Waals surface area contributed by atoms with Crippen LogP contribution in [0.2, 0.25) is 0 Å². The van der Waals surface area contributed by atoms with Gasteiger partial charge in [-0.25, -0.2) is 0 Å². The molecular weight excluding hydrogens is 281 g/mol. The Labute approximate surface area is 93.4 Å². The third-order valence-electron chi connectivity index (χ3n) is 1.60. The second kappa shape index (κ2) is 4.59. The molecule has 0 bridgehead atoms. The van der Waals surface area contributed by atoms with Crippen LogP contribution in [0.25, 0.3) is 0 Å². The average molecular weight is 299 g/mol. The lowest BCUT2D eigenvalue weighted by atomic mass is 9.95. The molecule has 13 heavy (non-hydrogen) atoms. The van der Waals surface area contributed by atoms with Crippen LogP contribution in [0.1, 0.15) is 27.7 Å². The zero-order chi connectivity index (χ0) is 10.7. The molecular formula is C9H18INO2. The predicted molar refractivity (Wildman–Crippen MR) is 62.0 cm³/mol. The molecule has 0 heterocycles. The molecule has 0 radical (unpaired) electrons. The number of hydrogen-bond donors (Lipinski definition) is 2. The third-order valence-corrected chi connectivity index (χ3v) is 3.24. The number of alkyl halides is 1. The van der Waals surface area contributed by atoms with Gasteiger partial charge in [0.25, 0.3) is 0 Å². The van der Waals surface area contributed by atoms with Crippen molar-refractivity contribution < 1.29 is 9.90 Å². The van der Waals surface area contributed by atoms with Crippen molar-refractivity contribution in [1.29, 1.82) is 0 Å². The topological polar surface area (TPSA) is 49.3 Å². The first-order valence-electron chi connectivity index (χ1n) is 4.26. The summed E-state index contributed by atoms with van der Waals surface area (Å²) in [6.07, 6.45) is 0. The van der Waals surface area contributed by atoms with Crippen molar-refractivity contribution in [3.63, 3.8) is 0 Å². The van der Waals surface area contributed by atoms with Gasteiger partial charge in [0.1, 0.15) is 0 Å². The molecule has 1 unspecified atom stereocenters. The minimum absolute atomic E-state index is 0.0300. The van der Waals surface area contributed by atoms with Gasteiger partial charge >= 0.3 is 0 Å². The molecule has 0 aliphatic heterocycles. The summed E-state index contributed by atoms with van der Waals surface area (Å²) >= 11 is 2.10. The summed E-state index contributed by atoms with van der Waals surface area (Å²) in [7, 11) is 0.